The molecule has 0 aliphatic rings. The average molecular weight is 477 g/mol. The van der Waals surface area contributed by atoms with Gasteiger partial charge in [-0.05, 0) is 30.7 Å². The number of carbonyl (C=O) groups excluding carboxylic acids is 1. The van der Waals surface area contributed by atoms with Crippen molar-refractivity contribution in [2.24, 2.45) is 0 Å². The molecule has 4 rings (SSSR count). The van der Waals surface area contributed by atoms with E-state index in [4.69, 9.17) is 11.6 Å². The minimum absolute atomic E-state index is 0.0329. The van der Waals surface area contributed by atoms with Crippen molar-refractivity contribution in [3.63, 3.8) is 0 Å². The van der Waals surface area contributed by atoms with Crippen LogP contribution in [-0.4, -0.2) is 30.5 Å². The second kappa shape index (κ2) is 8.66. The fourth-order valence-corrected chi connectivity index (χ4v) is 3.28. The number of anilines is 1. The van der Waals surface area contributed by atoms with Gasteiger partial charge in [0, 0.05) is 0 Å². The highest BCUT2D eigenvalue weighted by Gasteiger charge is 2.31. The second-order valence-corrected chi connectivity index (χ2v) is 7.73. The van der Waals surface area contributed by atoms with Gasteiger partial charge in [0.2, 0.25) is 5.91 Å². The molecule has 12 heteroatoms. The van der Waals surface area contributed by atoms with Gasteiger partial charge in [-0.15, -0.1) is 5.10 Å². The van der Waals surface area contributed by atoms with Crippen LogP contribution in [-0.2, 0) is 24.1 Å². The number of aromatic nitrogens is 5. The number of amides is 1. The zero-order chi connectivity index (χ0) is 23.8. The lowest BCUT2D eigenvalue weighted by molar-refractivity contribution is -0.137. The highest BCUT2D eigenvalue weighted by atomic mass is 35.5. The molecule has 0 saturated carbocycles. The molecule has 2 heterocycles. The van der Waals surface area contributed by atoms with Gasteiger partial charge in [-0.25, -0.2) is 9.67 Å². The molecule has 8 nitrogen and oxygen atoms in total. The summed E-state index contributed by atoms with van der Waals surface area (Å²) in [5.41, 5.74) is 0.465. The molecule has 1 N–H and O–H groups in total. The number of nitrogens with zero attached hydrogens (tertiary/aromatic N) is 5. The zero-order valence-electron chi connectivity index (χ0n) is 17.1. The van der Waals surface area contributed by atoms with Crippen molar-refractivity contribution in [1.82, 2.24) is 24.5 Å². The minimum atomic E-state index is -4.60. The van der Waals surface area contributed by atoms with Crippen LogP contribution in [0.5, 0.6) is 0 Å². The van der Waals surface area contributed by atoms with Crippen LogP contribution in [0.25, 0.3) is 11.2 Å². The molecule has 0 unspecified atom stereocenters. The van der Waals surface area contributed by atoms with Crippen LogP contribution in [0, 0.1) is 6.92 Å². The highest BCUT2D eigenvalue weighted by Crippen LogP contribution is 2.33. The molecule has 1 amide bonds. The number of alkyl halides is 3. The van der Waals surface area contributed by atoms with Gasteiger partial charge < -0.3 is 5.32 Å². The molecule has 0 aliphatic carbocycles. The van der Waals surface area contributed by atoms with E-state index in [1.165, 1.54) is 4.68 Å². The van der Waals surface area contributed by atoms with Gasteiger partial charge >= 0.3 is 6.18 Å². The molecule has 4 aromatic rings. The molecule has 0 aliphatic heterocycles. The van der Waals surface area contributed by atoms with Gasteiger partial charge in [0.05, 0.1) is 22.8 Å². The van der Waals surface area contributed by atoms with E-state index in [-0.39, 0.29) is 21.9 Å². The van der Waals surface area contributed by atoms with Crippen molar-refractivity contribution in [2.75, 3.05) is 5.32 Å². The number of nitrogens with one attached hydrogen (secondary N) is 1. The predicted octanol–water partition coefficient (Wildman–Crippen LogP) is 3.66. The zero-order valence-corrected chi connectivity index (χ0v) is 17.9. The summed E-state index contributed by atoms with van der Waals surface area (Å²) < 4.78 is 41.2. The Morgan fingerprint density at radius 3 is 2.58 bits per heavy atom. The van der Waals surface area contributed by atoms with Gasteiger partial charge in [-0.3, -0.25) is 14.2 Å². The third-order valence-electron chi connectivity index (χ3n) is 4.83. The van der Waals surface area contributed by atoms with E-state index < -0.39 is 29.8 Å². The van der Waals surface area contributed by atoms with Crippen LogP contribution in [0.15, 0.2) is 53.6 Å². The predicted molar refractivity (Wildman–Crippen MR) is 115 cm³/mol. The van der Waals surface area contributed by atoms with Crippen molar-refractivity contribution in [3.05, 3.63) is 80.9 Å². The van der Waals surface area contributed by atoms with Gasteiger partial charge in [-0.2, -0.15) is 13.2 Å². The van der Waals surface area contributed by atoms with E-state index in [0.717, 1.165) is 40.2 Å². The maximum Gasteiger partial charge on any atom is 0.416 e. The number of aryl methyl sites for hydroxylation is 1. The monoisotopic (exact) mass is 476 g/mol. The second-order valence-electron chi connectivity index (χ2n) is 7.32. The lowest BCUT2D eigenvalue weighted by Gasteiger charge is -2.12. The number of hydrogen-bond acceptors (Lipinski definition) is 5. The summed E-state index contributed by atoms with van der Waals surface area (Å²) in [7, 11) is 0. The maximum absolute atomic E-state index is 12.9. The first-order valence-corrected chi connectivity index (χ1v) is 10.0. The summed E-state index contributed by atoms with van der Waals surface area (Å²) in [6.07, 6.45) is -3.44. The summed E-state index contributed by atoms with van der Waals surface area (Å²) in [5.74, 6) is -0.758. The molecule has 2 aromatic carbocycles. The minimum Gasteiger partial charge on any atom is -0.323 e. The van der Waals surface area contributed by atoms with Gasteiger partial charge in [-0.1, -0.05) is 46.6 Å². The quantitative estimate of drug-likeness (QED) is 0.474. The van der Waals surface area contributed by atoms with E-state index in [0.29, 0.717) is 6.54 Å². The molecule has 0 atom stereocenters. The number of hydrogen-bond donors (Lipinski definition) is 1. The maximum atomic E-state index is 12.9. The lowest BCUT2D eigenvalue weighted by atomic mass is 10.1. The summed E-state index contributed by atoms with van der Waals surface area (Å²) in [6, 6.07) is 10.3. The number of rotatable bonds is 5. The number of halogens is 4. The first-order valence-electron chi connectivity index (χ1n) is 9.62. The molecule has 170 valence electrons. The molecule has 33 heavy (non-hydrogen) atoms. The Morgan fingerprint density at radius 2 is 1.88 bits per heavy atom. The summed E-state index contributed by atoms with van der Waals surface area (Å²) in [6.45, 7) is 1.82. The lowest BCUT2D eigenvalue weighted by Crippen LogP contribution is -2.28. The van der Waals surface area contributed by atoms with E-state index in [9.17, 15) is 22.8 Å². The average Bonchev–Trinajstić information content (AvgIpc) is 3.16. The number of benzene rings is 2. The number of carbonyl (C=O) groups is 1. The van der Waals surface area contributed by atoms with Crippen LogP contribution < -0.4 is 10.9 Å². The Kier molecular flexibility index (Phi) is 5.90. The summed E-state index contributed by atoms with van der Waals surface area (Å²) >= 11 is 5.90. The smallest absolute Gasteiger partial charge is 0.323 e. The molecule has 0 saturated heterocycles. The SMILES string of the molecule is Cc1ccc(Cn2nnc3c(=O)n(CC(=O)Nc4cc(C(F)(F)F)ccc4Cl)cnc32)cc1. The Labute approximate surface area is 189 Å². The van der Waals surface area contributed by atoms with Crippen molar-refractivity contribution < 1.29 is 18.0 Å². The first-order chi connectivity index (χ1) is 15.6. The first kappa shape index (κ1) is 22.5. The summed E-state index contributed by atoms with van der Waals surface area (Å²) in [5, 5.41) is 10.1. The van der Waals surface area contributed by atoms with Crippen molar-refractivity contribution in [1.29, 1.82) is 0 Å². The normalized spacial score (nSPS) is 11.7. The molecule has 0 bridgehead atoms. The Bertz CT molecular complexity index is 1400. The van der Waals surface area contributed by atoms with E-state index in [1.807, 2.05) is 31.2 Å². The largest absolute Gasteiger partial charge is 0.416 e. The van der Waals surface area contributed by atoms with Crippen molar-refractivity contribution in [2.45, 2.75) is 26.2 Å². The van der Waals surface area contributed by atoms with Crippen LogP contribution >= 0.6 is 11.6 Å². The van der Waals surface area contributed by atoms with E-state index in [2.05, 4.69) is 20.6 Å². The Hall–Kier alpha value is -3.73. The fourth-order valence-electron chi connectivity index (χ4n) is 3.11. The van der Waals surface area contributed by atoms with Crippen LogP contribution in [0.2, 0.25) is 5.02 Å². The number of fused-ring (bicyclic) bond motifs is 1. The van der Waals surface area contributed by atoms with Gasteiger partial charge in [0.15, 0.2) is 11.2 Å². The topological polar surface area (TPSA) is 94.7 Å². The molecule has 2 aromatic heterocycles. The van der Waals surface area contributed by atoms with E-state index in [1.54, 1.807) is 0 Å². The Morgan fingerprint density at radius 1 is 1.15 bits per heavy atom. The molecule has 0 radical (unpaired) electrons. The van der Waals surface area contributed by atoms with Crippen LogP contribution in [0.1, 0.15) is 16.7 Å². The van der Waals surface area contributed by atoms with E-state index >= 15 is 0 Å². The standard InChI is InChI=1S/C21H16ClF3N6O2/c1-12-2-4-13(5-3-12)9-31-19-18(28-29-31)20(33)30(11-26-19)10-17(32)27-16-8-14(21(23,24)25)6-7-15(16)22/h2-8,11H,9-10H2,1H3,(H,27,32). The van der Waals surface area contributed by atoms with Gasteiger partial charge in [0.1, 0.15) is 12.9 Å². The highest BCUT2D eigenvalue weighted by molar-refractivity contribution is 6.33. The van der Waals surface area contributed by atoms with Crippen LogP contribution in [0.3, 0.4) is 0 Å². The van der Waals surface area contributed by atoms with Crippen molar-refractivity contribution in [3.8, 4) is 0 Å². The molecule has 0 fully saturated rings. The van der Waals surface area contributed by atoms with Gasteiger partial charge in [0.25, 0.3) is 5.56 Å². The summed E-state index contributed by atoms with van der Waals surface area (Å²) in [4.78, 5) is 29.3. The molecular weight excluding hydrogens is 461 g/mol. The third kappa shape index (κ3) is 4.87. The fraction of sp³-hybridized carbons (Fsp3) is 0.190. The van der Waals surface area contributed by atoms with Crippen LogP contribution in [0.4, 0.5) is 18.9 Å². The van der Waals surface area contributed by atoms with Crippen molar-refractivity contribution >= 4 is 34.4 Å². The Balaban J connectivity index is 1.54. The molecular formula is C21H16ClF3N6O2. The third-order valence-corrected chi connectivity index (χ3v) is 5.16. The molecule has 0 spiro atoms.